The number of hydrogen-bond donors (Lipinski definition) is 1. The fraction of sp³-hybridized carbons (Fsp3) is 0.444. The summed E-state index contributed by atoms with van der Waals surface area (Å²) >= 11 is 0. The highest BCUT2D eigenvalue weighted by Crippen LogP contribution is 2.16. The molecule has 0 saturated carbocycles. The summed E-state index contributed by atoms with van der Waals surface area (Å²) in [5.74, 6) is -1.03. The van der Waals surface area contributed by atoms with Gasteiger partial charge in [0.25, 0.3) is 0 Å². The fourth-order valence-corrected chi connectivity index (χ4v) is 2.63. The summed E-state index contributed by atoms with van der Waals surface area (Å²) in [5, 5.41) is 8.90. The van der Waals surface area contributed by atoms with Gasteiger partial charge in [0, 0.05) is 31.9 Å². The highest BCUT2D eigenvalue weighted by Gasteiger charge is 2.24. The minimum absolute atomic E-state index is 0.0402. The average Bonchev–Trinajstić information content (AvgIpc) is 2.55. The van der Waals surface area contributed by atoms with Gasteiger partial charge in [-0.25, -0.2) is 0 Å². The molecule has 2 rings (SSSR count). The predicted octanol–water partition coefficient (Wildman–Crippen LogP) is 2.49. The number of benzene rings is 1. The first kappa shape index (κ1) is 17.2. The Bertz CT molecular complexity index is 559. The van der Waals surface area contributed by atoms with Crippen LogP contribution in [-0.2, 0) is 14.3 Å². The second-order valence-electron chi connectivity index (χ2n) is 5.76. The van der Waals surface area contributed by atoms with Gasteiger partial charge in [-0.05, 0) is 31.4 Å². The number of aryl methyl sites for hydroxylation is 1. The average molecular weight is 317 g/mol. The molecule has 0 aromatic heterocycles. The Kier molecular flexibility index (Phi) is 6.35. The van der Waals surface area contributed by atoms with E-state index in [4.69, 9.17) is 9.84 Å². The first-order valence-corrected chi connectivity index (χ1v) is 7.91. The van der Waals surface area contributed by atoms with Gasteiger partial charge in [-0.3, -0.25) is 9.59 Å². The maximum Gasteiger partial charge on any atom is 0.305 e. The van der Waals surface area contributed by atoms with Crippen molar-refractivity contribution in [2.24, 2.45) is 0 Å². The number of rotatable bonds is 6. The quantitative estimate of drug-likeness (QED) is 0.819. The third-order valence-corrected chi connectivity index (χ3v) is 3.98. The van der Waals surface area contributed by atoms with Crippen molar-refractivity contribution in [1.29, 1.82) is 0 Å². The summed E-state index contributed by atoms with van der Waals surface area (Å²) in [7, 11) is 0. The van der Waals surface area contributed by atoms with E-state index in [1.807, 2.05) is 31.2 Å². The molecule has 1 N–H and O–H groups in total. The molecule has 1 aliphatic heterocycles. The minimum atomic E-state index is -0.891. The van der Waals surface area contributed by atoms with Crippen molar-refractivity contribution in [2.75, 3.05) is 19.8 Å². The number of amides is 1. The van der Waals surface area contributed by atoms with E-state index in [0.717, 1.165) is 18.4 Å². The molecule has 1 saturated heterocycles. The monoisotopic (exact) mass is 317 g/mol. The number of carboxylic acid groups (broad SMARTS) is 1. The van der Waals surface area contributed by atoms with Gasteiger partial charge >= 0.3 is 5.97 Å². The van der Waals surface area contributed by atoms with Crippen LogP contribution < -0.4 is 0 Å². The Hall–Kier alpha value is -2.14. The van der Waals surface area contributed by atoms with Crippen molar-refractivity contribution in [3.63, 3.8) is 0 Å². The summed E-state index contributed by atoms with van der Waals surface area (Å²) in [6.45, 7) is 3.47. The number of nitrogens with zero attached hydrogens (tertiary/aromatic N) is 1. The van der Waals surface area contributed by atoms with Crippen LogP contribution in [0.1, 0.15) is 30.4 Å². The Morgan fingerprint density at radius 1 is 1.26 bits per heavy atom. The van der Waals surface area contributed by atoms with E-state index in [0.29, 0.717) is 13.2 Å². The van der Waals surface area contributed by atoms with Gasteiger partial charge in [0.1, 0.15) is 0 Å². The molecule has 0 radical (unpaired) electrons. The molecule has 5 nitrogen and oxygen atoms in total. The zero-order valence-electron chi connectivity index (χ0n) is 13.4. The van der Waals surface area contributed by atoms with Crippen LogP contribution in [-0.4, -0.2) is 47.7 Å². The van der Waals surface area contributed by atoms with Crippen LogP contribution in [0.15, 0.2) is 30.3 Å². The lowest BCUT2D eigenvalue weighted by Gasteiger charge is -2.33. The van der Waals surface area contributed by atoms with E-state index < -0.39 is 5.97 Å². The molecular weight excluding hydrogens is 294 g/mol. The van der Waals surface area contributed by atoms with Crippen molar-refractivity contribution >= 4 is 18.0 Å². The van der Waals surface area contributed by atoms with Crippen LogP contribution in [0.3, 0.4) is 0 Å². The zero-order chi connectivity index (χ0) is 16.7. The van der Waals surface area contributed by atoms with Gasteiger partial charge in [-0.2, -0.15) is 0 Å². The lowest BCUT2D eigenvalue weighted by atomic mass is 10.1. The van der Waals surface area contributed by atoms with Crippen molar-refractivity contribution < 1.29 is 19.4 Å². The first-order valence-electron chi connectivity index (χ1n) is 7.91. The van der Waals surface area contributed by atoms with E-state index in [-0.39, 0.29) is 24.9 Å². The second-order valence-corrected chi connectivity index (χ2v) is 5.76. The topological polar surface area (TPSA) is 66.8 Å². The maximum absolute atomic E-state index is 12.5. The van der Waals surface area contributed by atoms with Crippen molar-refractivity contribution in [2.45, 2.75) is 32.2 Å². The molecule has 0 bridgehead atoms. The van der Waals surface area contributed by atoms with Gasteiger partial charge in [-0.1, -0.05) is 29.8 Å². The number of aliphatic carboxylic acids is 1. The van der Waals surface area contributed by atoms with Gasteiger partial charge in [-0.15, -0.1) is 0 Å². The van der Waals surface area contributed by atoms with Gasteiger partial charge < -0.3 is 14.7 Å². The van der Waals surface area contributed by atoms with Crippen LogP contribution in [0.5, 0.6) is 0 Å². The van der Waals surface area contributed by atoms with Crippen LogP contribution in [0.25, 0.3) is 6.08 Å². The Balaban J connectivity index is 2.04. The Morgan fingerprint density at radius 2 is 1.91 bits per heavy atom. The van der Waals surface area contributed by atoms with Gasteiger partial charge in [0.05, 0.1) is 6.42 Å². The zero-order valence-corrected chi connectivity index (χ0v) is 13.4. The lowest BCUT2D eigenvalue weighted by molar-refractivity contribution is -0.138. The molecule has 0 spiro atoms. The minimum Gasteiger partial charge on any atom is -0.481 e. The first-order chi connectivity index (χ1) is 11.1. The van der Waals surface area contributed by atoms with E-state index in [2.05, 4.69) is 0 Å². The molecule has 0 unspecified atom stereocenters. The summed E-state index contributed by atoms with van der Waals surface area (Å²) in [4.78, 5) is 25.0. The number of carboxylic acids is 1. The standard InChI is InChI=1S/C18H23NO4/c1-14-2-4-15(5-3-14)6-7-17(20)19(11-8-18(21)22)16-9-12-23-13-10-16/h2-7,16H,8-13H2,1H3,(H,21,22)/b7-6+. The molecule has 0 atom stereocenters. The number of hydrogen-bond acceptors (Lipinski definition) is 3. The Morgan fingerprint density at radius 3 is 2.52 bits per heavy atom. The van der Waals surface area contributed by atoms with E-state index in [1.165, 1.54) is 11.6 Å². The molecule has 1 aromatic carbocycles. The van der Waals surface area contributed by atoms with Crippen molar-refractivity contribution in [3.05, 3.63) is 41.5 Å². The normalized spacial score (nSPS) is 15.7. The van der Waals surface area contributed by atoms with Crippen LogP contribution in [0.4, 0.5) is 0 Å². The molecule has 1 aliphatic rings. The smallest absolute Gasteiger partial charge is 0.305 e. The molecule has 5 heteroatoms. The molecule has 1 amide bonds. The highest BCUT2D eigenvalue weighted by molar-refractivity contribution is 5.92. The predicted molar refractivity (Wildman–Crippen MR) is 88.0 cm³/mol. The highest BCUT2D eigenvalue weighted by atomic mass is 16.5. The Labute approximate surface area is 136 Å². The fourth-order valence-electron chi connectivity index (χ4n) is 2.63. The molecule has 124 valence electrons. The van der Waals surface area contributed by atoms with Crippen LogP contribution >= 0.6 is 0 Å². The van der Waals surface area contributed by atoms with Crippen molar-refractivity contribution in [1.82, 2.24) is 4.90 Å². The summed E-state index contributed by atoms with van der Waals surface area (Å²) in [5.41, 5.74) is 2.12. The molecule has 0 aliphatic carbocycles. The molecule has 1 aromatic rings. The van der Waals surface area contributed by atoms with Gasteiger partial charge in [0.15, 0.2) is 0 Å². The second kappa shape index (κ2) is 8.48. The number of carbonyl (C=O) groups is 2. The van der Waals surface area contributed by atoms with Crippen LogP contribution in [0, 0.1) is 6.92 Å². The molecule has 1 fully saturated rings. The van der Waals surface area contributed by atoms with Gasteiger partial charge in [0.2, 0.25) is 5.91 Å². The summed E-state index contributed by atoms with van der Waals surface area (Å²) < 4.78 is 5.32. The number of ether oxygens (including phenoxy) is 1. The molecule has 1 heterocycles. The third kappa shape index (κ3) is 5.53. The van der Waals surface area contributed by atoms with E-state index in [1.54, 1.807) is 11.0 Å². The molecular formula is C18H23NO4. The van der Waals surface area contributed by atoms with Crippen LogP contribution in [0.2, 0.25) is 0 Å². The van der Waals surface area contributed by atoms with E-state index in [9.17, 15) is 9.59 Å². The molecule has 23 heavy (non-hydrogen) atoms. The SMILES string of the molecule is Cc1ccc(/C=C/C(=O)N(CCC(=O)O)C2CCOCC2)cc1. The van der Waals surface area contributed by atoms with E-state index >= 15 is 0 Å². The largest absolute Gasteiger partial charge is 0.481 e. The van der Waals surface area contributed by atoms with Crippen molar-refractivity contribution in [3.8, 4) is 0 Å². The summed E-state index contributed by atoms with van der Waals surface area (Å²) in [6, 6.07) is 7.94. The maximum atomic E-state index is 12.5. The lowest BCUT2D eigenvalue weighted by Crippen LogP contribution is -2.43. The summed E-state index contributed by atoms with van der Waals surface area (Å²) in [6.07, 6.45) is 4.77. The third-order valence-electron chi connectivity index (χ3n) is 3.98. The number of carbonyl (C=O) groups excluding carboxylic acids is 1.